The number of hydrogen-bond donors (Lipinski definition) is 0. The minimum atomic E-state index is -0.281. The van der Waals surface area contributed by atoms with E-state index in [0.717, 1.165) is 0 Å². The van der Waals surface area contributed by atoms with Gasteiger partial charge in [0.15, 0.2) is 0 Å². The number of nitrogens with zero attached hydrogens (tertiary/aromatic N) is 1. The van der Waals surface area contributed by atoms with E-state index in [4.69, 9.17) is 14.7 Å². The molecule has 0 N–H and O–H groups in total. The first kappa shape index (κ1) is 9.41. The first-order valence-electron chi connectivity index (χ1n) is 3.12. The fraction of sp³-hybridized carbons (Fsp3) is 0.857. The zero-order valence-corrected chi connectivity index (χ0v) is 6.68. The van der Waals surface area contributed by atoms with Crippen LogP contribution in [-0.4, -0.2) is 25.9 Å². The number of hydrogen-bond acceptors (Lipinski definition) is 3. The predicted octanol–water partition coefficient (Wildman–Crippen LogP) is 0.952. The molecule has 0 aromatic rings. The quantitative estimate of drug-likeness (QED) is 0.550. The molecule has 0 rings (SSSR count). The molecular weight excluding hydrogens is 130 g/mol. The summed E-state index contributed by atoms with van der Waals surface area (Å²) in [5, 5.41) is 8.12. The molecule has 0 unspecified atom stereocenters. The van der Waals surface area contributed by atoms with Gasteiger partial charge in [-0.25, -0.2) is 0 Å². The molecule has 0 saturated heterocycles. The van der Waals surface area contributed by atoms with Crippen molar-refractivity contribution in [3.63, 3.8) is 0 Å². The predicted molar refractivity (Wildman–Crippen MR) is 37.5 cm³/mol. The van der Waals surface area contributed by atoms with Gasteiger partial charge in [0.05, 0.1) is 18.3 Å². The largest absolute Gasteiger partial charge is 0.376 e. The summed E-state index contributed by atoms with van der Waals surface area (Å²) >= 11 is 0. The first-order chi connectivity index (χ1) is 4.62. The summed E-state index contributed by atoms with van der Waals surface area (Å²) in [4.78, 5) is 0. The van der Waals surface area contributed by atoms with Crippen molar-refractivity contribution in [2.45, 2.75) is 19.4 Å². The van der Waals surface area contributed by atoms with Crippen LogP contribution in [0.4, 0.5) is 0 Å². The summed E-state index contributed by atoms with van der Waals surface area (Å²) in [6, 6.07) is 1.89. The molecule has 0 aliphatic heterocycles. The van der Waals surface area contributed by atoms with Gasteiger partial charge in [-0.05, 0) is 13.8 Å². The van der Waals surface area contributed by atoms with E-state index in [1.165, 1.54) is 0 Å². The zero-order valence-electron chi connectivity index (χ0n) is 6.68. The highest BCUT2D eigenvalue weighted by Crippen LogP contribution is 2.06. The molecule has 0 aromatic carbocycles. The average Bonchev–Trinajstić information content (AvgIpc) is 1.89. The van der Waals surface area contributed by atoms with Gasteiger partial charge in [-0.2, -0.15) is 5.26 Å². The van der Waals surface area contributed by atoms with Crippen LogP contribution in [0.2, 0.25) is 0 Å². The van der Waals surface area contributed by atoms with E-state index in [9.17, 15) is 0 Å². The van der Waals surface area contributed by atoms with Crippen molar-refractivity contribution < 1.29 is 9.47 Å². The van der Waals surface area contributed by atoms with Crippen LogP contribution in [0.5, 0.6) is 0 Å². The van der Waals surface area contributed by atoms with Crippen molar-refractivity contribution in [2.75, 3.05) is 20.3 Å². The van der Waals surface area contributed by atoms with Crippen LogP contribution < -0.4 is 0 Å². The maximum absolute atomic E-state index is 8.12. The Morgan fingerprint density at radius 3 is 2.50 bits per heavy atom. The van der Waals surface area contributed by atoms with Crippen molar-refractivity contribution in [1.82, 2.24) is 0 Å². The fourth-order valence-electron chi connectivity index (χ4n) is 0.401. The normalized spacial score (nSPS) is 11.0. The van der Waals surface area contributed by atoms with Crippen LogP contribution >= 0.6 is 0 Å². The van der Waals surface area contributed by atoms with Crippen LogP contribution in [0.1, 0.15) is 13.8 Å². The van der Waals surface area contributed by atoms with Gasteiger partial charge >= 0.3 is 0 Å². The molecule has 0 amide bonds. The third kappa shape index (κ3) is 4.30. The molecule has 0 aliphatic carbocycles. The van der Waals surface area contributed by atoms with Crippen LogP contribution in [0.15, 0.2) is 0 Å². The van der Waals surface area contributed by atoms with Crippen molar-refractivity contribution in [3.8, 4) is 6.07 Å². The minimum absolute atomic E-state index is 0.132. The molecule has 58 valence electrons. The lowest BCUT2D eigenvalue weighted by Crippen LogP contribution is -2.29. The van der Waals surface area contributed by atoms with Crippen LogP contribution in [0.25, 0.3) is 0 Å². The van der Waals surface area contributed by atoms with Crippen LogP contribution in [0, 0.1) is 11.3 Å². The maximum atomic E-state index is 8.12. The standard InChI is InChI=1S/C7H13NO2/c1-7(2,9-3)6-10-5-4-8/h5-6H2,1-3H3. The highest BCUT2D eigenvalue weighted by molar-refractivity contribution is 4.71. The number of ether oxygens (including phenoxy) is 2. The second-order valence-corrected chi connectivity index (χ2v) is 2.61. The molecule has 0 atom stereocenters. The van der Waals surface area contributed by atoms with Gasteiger partial charge in [0.1, 0.15) is 6.61 Å². The number of methoxy groups -OCH3 is 1. The molecule has 10 heavy (non-hydrogen) atoms. The molecule has 0 aromatic heterocycles. The lowest BCUT2D eigenvalue weighted by Gasteiger charge is -2.21. The van der Waals surface area contributed by atoms with Gasteiger partial charge in [0.25, 0.3) is 0 Å². The van der Waals surface area contributed by atoms with Gasteiger partial charge in [0.2, 0.25) is 0 Å². The molecule has 3 nitrogen and oxygen atoms in total. The summed E-state index contributed by atoms with van der Waals surface area (Å²) in [6.45, 7) is 4.40. The molecular formula is C7H13NO2. The number of nitriles is 1. The molecule has 0 fully saturated rings. The van der Waals surface area contributed by atoms with E-state index in [1.807, 2.05) is 19.9 Å². The summed E-state index contributed by atoms with van der Waals surface area (Å²) < 4.78 is 10.0. The Balaban J connectivity index is 3.39. The van der Waals surface area contributed by atoms with Crippen molar-refractivity contribution in [3.05, 3.63) is 0 Å². The van der Waals surface area contributed by atoms with Crippen LogP contribution in [0.3, 0.4) is 0 Å². The minimum Gasteiger partial charge on any atom is -0.376 e. The van der Waals surface area contributed by atoms with Crippen molar-refractivity contribution in [2.24, 2.45) is 0 Å². The third-order valence-electron chi connectivity index (χ3n) is 1.17. The lowest BCUT2D eigenvalue weighted by molar-refractivity contribution is -0.0438. The number of rotatable bonds is 4. The lowest BCUT2D eigenvalue weighted by atomic mass is 10.1. The van der Waals surface area contributed by atoms with E-state index in [2.05, 4.69) is 0 Å². The molecule has 0 aliphatic rings. The van der Waals surface area contributed by atoms with Gasteiger partial charge in [-0.15, -0.1) is 0 Å². The third-order valence-corrected chi connectivity index (χ3v) is 1.17. The average molecular weight is 143 g/mol. The fourth-order valence-corrected chi connectivity index (χ4v) is 0.401. The highest BCUT2D eigenvalue weighted by Gasteiger charge is 2.15. The second kappa shape index (κ2) is 4.26. The Bertz CT molecular complexity index is 126. The van der Waals surface area contributed by atoms with Gasteiger partial charge < -0.3 is 9.47 Å². The second-order valence-electron chi connectivity index (χ2n) is 2.61. The molecule has 0 bridgehead atoms. The van der Waals surface area contributed by atoms with Gasteiger partial charge in [-0.1, -0.05) is 0 Å². The first-order valence-corrected chi connectivity index (χ1v) is 3.12. The van der Waals surface area contributed by atoms with E-state index in [0.29, 0.717) is 6.61 Å². The topological polar surface area (TPSA) is 42.2 Å². The Labute approximate surface area is 61.5 Å². The van der Waals surface area contributed by atoms with E-state index < -0.39 is 0 Å². The van der Waals surface area contributed by atoms with Gasteiger partial charge in [-0.3, -0.25) is 0 Å². The summed E-state index contributed by atoms with van der Waals surface area (Å²) in [6.07, 6.45) is 0. The molecule has 3 heteroatoms. The summed E-state index contributed by atoms with van der Waals surface area (Å²) in [5.41, 5.74) is -0.281. The molecule has 0 saturated carbocycles. The highest BCUT2D eigenvalue weighted by atomic mass is 16.5. The zero-order chi connectivity index (χ0) is 8.04. The van der Waals surface area contributed by atoms with Crippen molar-refractivity contribution >= 4 is 0 Å². The Kier molecular flexibility index (Phi) is 4.01. The smallest absolute Gasteiger partial charge is 0.133 e. The van der Waals surface area contributed by atoms with Crippen LogP contribution in [-0.2, 0) is 9.47 Å². The summed E-state index contributed by atoms with van der Waals surface area (Å²) in [5.74, 6) is 0. The molecule has 0 heterocycles. The Hall–Kier alpha value is -0.590. The Morgan fingerprint density at radius 1 is 1.50 bits per heavy atom. The SMILES string of the molecule is COC(C)(C)COCC#N. The van der Waals surface area contributed by atoms with Gasteiger partial charge in [0, 0.05) is 7.11 Å². The Morgan fingerprint density at radius 2 is 2.10 bits per heavy atom. The maximum Gasteiger partial charge on any atom is 0.133 e. The monoisotopic (exact) mass is 143 g/mol. The van der Waals surface area contributed by atoms with E-state index in [-0.39, 0.29) is 12.2 Å². The summed E-state index contributed by atoms with van der Waals surface area (Å²) in [7, 11) is 1.62. The molecule has 0 spiro atoms. The molecule has 0 radical (unpaired) electrons. The van der Waals surface area contributed by atoms with E-state index >= 15 is 0 Å². The van der Waals surface area contributed by atoms with E-state index in [1.54, 1.807) is 7.11 Å². The van der Waals surface area contributed by atoms with Crippen molar-refractivity contribution in [1.29, 1.82) is 5.26 Å².